The molecule has 0 amide bonds. The highest BCUT2D eigenvalue weighted by molar-refractivity contribution is 6.48. The third-order valence-electron chi connectivity index (χ3n) is 3.85. The van der Waals surface area contributed by atoms with Gasteiger partial charge in [0.15, 0.2) is 14.7 Å². The summed E-state index contributed by atoms with van der Waals surface area (Å²) in [7, 11) is -1.15. The number of hydrogen-bond donors (Lipinski definition) is 0. The number of ether oxygens (including phenoxy) is 1. The lowest BCUT2D eigenvalue weighted by Crippen LogP contribution is -2.25. The molecule has 0 N–H and O–H groups in total. The van der Waals surface area contributed by atoms with Crippen LogP contribution in [0, 0.1) is 5.41 Å². The van der Waals surface area contributed by atoms with E-state index in [2.05, 4.69) is 68.4 Å². The average molecular weight is 376 g/mol. The number of aromatic nitrogens is 3. The fourth-order valence-electron chi connectivity index (χ4n) is 2.71. The van der Waals surface area contributed by atoms with Crippen LogP contribution in [0.1, 0.15) is 55.4 Å². The topological polar surface area (TPSA) is 66.2 Å². The van der Waals surface area contributed by atoms with Gasteiger partial charge in [-0.25, -0.2) is 9.48 Å². The Hall–Kier alpha value is -1.99. The number of hydrogen-bond acceptors (Lipinski definition) is 5. The molecule has 26 heavy (non-hydrogen) atoms. The van der Waals surface area contributed by atoms with Crippen molar-refractivity contribution in [2.75, 3.05) is 6.61 Å². The molecule has 1 aromatic carbocycles. The predicted octanol–water partition coefficient (Wildman–Crippen LogP) is 3.59. The normalized spacial score (nSPS) is 13.0. The number of carbonyl (C=O) groups is 1. The fraction of sp³-hybridized carbons (Fsp3) is 0.526. The van der Waals surface area contributed by atoms with Crippen LogP contribution in [0.5, 0.6) is 0 Å². The standard InChI is InChI=1S/C19H29N3O3Si/c1-7-24-18(23)16-13-22(21-20-16)12-14-8-10-15(11-9-14)17(19(2,3)4)25-26(5)6/h8-11,13,17,26H,7,12H2,1-6H3. The first-order chi connectivity index (χ1) is 12.2. The summed E-state index contributed by atoms with van der Waals surface area (Å²) in [5.41, 5.74) is 2.54. The van der Waals surface area contributed by atoms with E-state index in [4.69, 9.17) is 9.16 Å². The summed E-state index contributed by atoms with van der Waals surface area (Å²) in [4.78, 5) is 11.7. The van der Waals surface area contributed by atoms with E-state index in [0.717, 1.165) is 5.56 Å². The summed E-state index contributed by atoms with van der Waals surface area (Å²) >= 11 is 0. The van der Waals surface area contributed by atoms with Crippen LogP contribution in [0.2, 0.25) is 13.1 Å². The molecule has 0 aliphatic heterocycles. The Morgan fingerprint density at radius 3 is 2.42 bits per heavy atom. The highest BCUT2D eigenvalue weighted by Gasteiger charge is 2.27. The van der Waals surface area contributed by atoms with E-state index in [1.165, 1.54) is 5.56 Å². The first-order valence-corrected chi connectivity index (χ1v) is 11.8. The Balaban J connectivity index is 2.10. The first-order valence-electron chi connectivity index (χ1n) is 9.02. The summed E-state index contributed by atoms with van der Waals surface area (Å²) in [6.45, 7) is 13.6. The van der Waals surface area contributed by atoms with Gasteiger partial charge in [0.25, 0.3) is 0 Å². The van der Waals surface area contributed by atoms with E-state index in [1.54, 1.807) is 17.8 Å². The van der Waals surface area contributed by atoms with E-state index >= 15 is 0 Å². The molecule has 0 spiro atoms. The molecular formula is C19H29N3O3Si. The third kappa shape index (κ3) is 5.50. The van der Waals surface area contributed by atoms with Crippen molar-refractivity contribution in [3.63, 3.8) is 0 Å². The van der Waals surface area contributed by atoms with E-state index in [9.17, 15) is 4.79 Å². The molecule has 0 fully saturated rings. The van der Waals surface area contributed by atoms with Gasteiger partial charge in [-0.05, 0) is 36.6 Å². The van der Waals surface area contributed by atoms with Crippen LogP contribution in [0.15, 0.2) is 30.5 Å². The van der Waals surface area contributed by atoms with Crippen LogP contribution in [-0.4, -0.2) is 36.6 Å². The zero-order chi connectivity index (χ0) is 19.3. The molecule has 0 radical (unpaired) electrons. The maximum absolute atomic E-state index is 11.7. The lowest BCUT2D eigenvalue weighted by Gasteiger charge is -2.33. The molecule has 0 saturated heterocycles. The quantitative estimate of drug-likeness (QED) is 0.546. The van der Waals surface area contributed by atoms with E-state index < -0.39 is 15.0 Å². The SMILES string of the molecule is CCOC(=O)c1cn(Cc2ccc(C(O[SiH](C)C)C(C)(C)C)cc2)nn1. The Morgan fingerprint density at radius 1 is 1.23 bits per heavy atom. The van der Waals surface area contributed by atoms with Crippen LogP contribution in [0.3, 0.4) is 0 Å². The lowest BCUT2D eigenvalue weighted by molar-refractivity contribution is 0.0519. The molecule has 142 valence electrons. The summed E-state index contributed by atoms with van der Waals surface area (Å²) in [6.07, 6.45) is 1.70. The first kappa shape index (κ1) is 20.3. The van der Waals surface area contributed by atoms with Gasteiger partial charge in [-0.1, -0.05) is 50.3 Å². The van der Waals surface area contributed by atoms with E-state index in [1.807, 2.05) is 0 Å². The monoisotopic (exact) mass is 375 g/mol. The molecule has 1 heterocycles. The van der Waals surface area contributed by atoms with Crippen molar-refractivity contribution >= 4 is 15.0 Å². The second-order valence-corrected chi connectivity index (χ2v) is 10.1. The maximum atomic E-state index is 11.7. The maximum Gasteiger partial charge on any atom is 0.360 e. The van der Waals surface area contributed by atoms with Crippen molar-refractivity contribution in [2.45, 2.75) is 53.4 Å². The van der Waals surface area contributed by atoms with Crippen LogP contribution in [0.25, 0.3) is 0 Å². The van der Waals surface area contributed by atoms with Gasteiger partial charge in [0.05, 0.1) is 25.5 Å². The van der Waals surface area contributed by atoms with Gasteiger partial charge in [-0.15, -0.1) is 5.10 Å². The number of nitrogens with zero attached hydrogens (tertiary/aromatic N) is 3. The van der Waals surface area contributed by atoms with Gasteiger partial charge >= 0.3 is 5.97 Å². The minimum absolute atomic E-state index is 0.0409. The summed E-state index contributed by atoms with van der Waals surface area (Å²) in [5.74, 6) is -0.447. The summed E-state index contributed by atoms with van der Waals surface area (Å²) in [5, 5.41) is 7.86. The minimum atomic E-state index is -1.15. The molecule has 0 bridgehead atoms. The van der Waals surface area contributed by atoms with Crippen molar-refractivity contribution in [3.8, 4) is 0 Å². The van der Waals surface area contributed by atoms with Crippen molar-refractivity contribution < 1.29 is 14.0 Å². The van der Waals surface area contributed by atoms with Gasteiger partial charge in [-0.3, -0.25) is 0 Å². The Morgan fingerprint density at radius 2 is 1.88 bits per heavy atom. The summed E-state index contributed by atoms with van der Waals surface area (Å²) in [6, 6.07) is 8.38. The van der Waals surface area contributed by atoms with Gasteiger partial charge in [0.2, 0.25) is 0 Å². The second-order valence-electron chi connectivity index (χ2n) is 7.69. The smallest absolute Gasteiger partial charge is 0.360 e. The van der Waals surface area contributed by atoms with Gasteiger partial charge in [0, 0.05) is 0 Å². The van der Waals surface area contributed by atoms with Crippen LogP contribution < -0.4 is 0 Å². The minimum Gasteiger partial charge on any atom is -0.461 e. The van der Waals surface area contributed by atoms with Gasteiger partial charge in [-0.2, -0.15) is 0 Å². The number of rotatable bonds is 7. The molecule has 6 nitrogen and oxygen atoms in total. The van der Waals surface area contributed by atoms with Crippen molar-refractivity contribution in [1.29, 1.82) is 0 Å². The summed E-state index contributed by atoms with van der Waals surface area (Å²) < 4.78 is 12.8. The van der Waals surface area contributed by atoms with Crippen molar-refractivity contribution in [3.05, 3.63) is 47.3 Å². The number of benzene rings is 1. The van der Waals surface area contributed by atoms with Crippen molar-refractivity contribution in [1.82, 2.24) is 15.0 Å². The fourth-order valence-corrected chi connectivity index (χ4v) is 3.82. The highest BCUT2D eigenvalue weighted by atomic mass is 28.3. The molecule has 2 aromatic rings. The van der Waals surface area contributed by atoms with Gasteiger partial charge in [0.1, 0.15) is 0 Å². The van der Waals surface area contributed by atoms with E-state index in [-0.39, 0.29) is 17.2 Å². The molecule has 1 aromatic heterocycles. The van der Waals surface area contributed by atoms with Crippen molar-refractivity contribution in [2.24, 2.45) is 5.41 Å². The van der Waals surface area contributed by atoms with Gasteiger partial charge < -0.3 is 9.16 Å². The molecule has 0 aliphatic carbocycles. The Kier molecular flexibility index (Phi) is 6.72. The highest BCUT2D eigenvalue weighted by Crippen LogP contribution is 2.36. The largest absolute Gasteiger partial charge is 0.461 e. The molecule has 1 atom stereocenters. The molecular weight excluding hydrogens is 346 g/mol. The third-order valence-corrected chi connectivity index (χ3v) is 4.66. The molecule has 0 aliphatic rings. The number of carbonyl (C=O) groups excluding carboxylic acids is 1. The Labute approximate surface area is 157 Å². The molecule has 1 unspecified atom stereocenters. The average Bonchev–Trinajstić information content (AvgIpc) is 3.01. The van der Waals surface area contributed by atoms with E-state index in [0.29, 0.717) is 13.2 Å². The molecule has 0 saturated carbocycles. The van der Waals surface area contributed by atoms with Crippen LogP contribution in [-0.2, 0) is 15.7 Å². The second kappa shape index (κ2) is 8.59. The zero-order valence-corrected chi connectivity index (χ0v) is 17.7. The van der Waals surface area contributed by atoms with Crippen LogP contribution >= 0.6 is 0 Å². The number of esters is 1. The lowest BCUT2D eigenvalue weighted by atomic mass is 9.84. The molecule has 7 heteroatoms. The molecule has 2 rings (SSSR count). The predicted molar refractivity (Wildman–Crippen MR) is 104 cm³/mol. The van der Waals surface area contributed by atoms with Crippen LogP contribution in [0.4, 0.5) is 0 Å². The Bertz CT molecular complexity index is 720. The zero-order valence-electron chi connectivity index (χ0n) is 16.5.